The zero-order chi connectivity index (χ0) is 20.1. The molecule has 3 rings (SSSR count). The lowest BCUT2D eigenvalue weighted by atomic mass is 10.1. The lowest BCUT2D eigenvalue weighted by Gasteiger charge is -2.31. The van der Waals surface area contributed by atoms with Crippen LogP contribution < -0.4 is 15.0 Å². The highest BCUT2D eigenvalue weighted by Gasteiger charge is 2.31. The van der Waals surface area contributed by atoms with Crippen LogP contribution in [0.1, 0.15) is 30.4 Å². The Kier molecular flexibility index (Phi) is 6.11. The van der Waals surface area contributed by atoms with Crippen LogP contribution in [0.3, 0.4) is 0 Å². The lowest BCUT2D eigenvalue weighted by molar-refractivity contribution is -0.137. The molecule has 0 atom stereocenters. The van der Waals surface area contributed by atoms with Crippen molar-refractivity contribution in [2.45, 2.75) is 31.9 Å². The van der Waals surface area contributed by atoms with Crippen molar-refractivity contribution >= 4 is 17.3 Å². The van der Waals surface area contributed by atoms with E-state index in [9.17, 15) is 18.0 Å². The van der Waals surface area contributed by atoms with Gasteiger partial charge in [-0.3, -0.25) is 4.79 Å². The van der Waals surface area contributed by atoms with Crippen molar-refractivity contribution in [3.05, 3.63) is 53.6 Å². The van der Waals surface area contributed by atoms with Gasteiger partial charge in [0.1, 0.15) is 5.75 Å². The van der Waals surface area contributed by atoms with Crippen LogP contribution in [-0.2, 0) is 17.4 Å². The topological polar surface area (TPSA) is 41.6 Å². The molecule has 1 heterocycles. The molecule has 0 radical (unpaired) electrons. The molecule has 0 spiro atoms. The van der Waals surface area contributed by atoms with Gasteiger partial charge in [0.2, 0.25) is 5.91 Å². The molecule has 1 amide bonds. The van der Waals surface area contributed by atoms with Crippen molar-refractivity contribution in [2.75, 3.05) is 30.4 Å². The van der Waals surface area contributed by atoms with Crippen molar-refractivity contribution in [1.82, 2.24) is 0 Å². The highest BCUT2D eigenvalue weighted by Crippen LogP contribution is 2.36. The maximum atomic E-state index is 13.2. The number of piperidine rings is 1. The van der Waals surface area contributed by atoms with Crippen LogP contribution in [0.2, 0.25) is 0 Å². The fourth-order valence-corrected chi connectivity index (χ4v) is 3.35. The maximum Gasteiger partial charge on any atom is 0.416 e. The Morgan fingerprint density at radius 2 is 1.75 bits per heavy atom. The third kappa shape index (κ3) is 4.97. The maximum absolute atomic E-state index is 13.2. The molecule has 7 heteroatoms. The van der Waals surface area contributed by atoms with Gasteiger partial charge in [-0.25, -0.2) is 0 Å². The first-order chi connectivity index (χ1) is 13.4. The zero-order valence-electron chi connectivity index (χ0n) is 15.7. The van der Waals surface area contributed by atoms with Crippen molar-refractivity contribution in [1.29, 1.82) is 0 Å². The highest BCUT2D eigenvalue weighted by atomic mass is 19.4. The first-order valence-corrected chi connectivity index (χ1v) is 9.26. The van der Waals surface area contributed by atoms with Gasteiger partial charge in [-0.2, -0.15) is 13.2 Å². The van der Waals surface area contributed by atoms with Gasteiger partial charge in [-0.15, -0.1) is 0 Å². The number of benzene rings is 2. The van der Waals surface area contributed by atoms with Gasteiger partial charge >= 0.3 is 6.18 Å². The van der Waals surface area contributed by atoms with Crippen LogP contribution in [0.5, 0.6) is 5.75 Å². The summed E-state index contributed by atoms with van der Waals surface area (Å²) in [6.07, 6.45) is -1.31. The Hall–Kier alpha value is -2.70. The number of nitrogens with zero attached hydrogens (tertiary/aromatic N) is 1. The number of carbonyl (C=O) groups excluding carboxylic acids is 1. The van der Waals surface area contributed by atoms with Gasteiger partial charge in [-0.05, 0) is 55.2 Å². The van der Waals surface area contributed by atoms with E-state index in [2.05, 4.69) is 5.32 Å². The van der Waals surface area contributed by atoms with Crippen LogP contribution in [0.4, 0.5) is 24.5 Å². The summed E-state index contributed by atoms with van der Waals surface area (Å²) in [6, 6.07) is 10.6. The molecule has 28 heavy (non-hydrogen) atoms. The third-order valence-electron chi connectivity index (χ3n) is 4.82. The summed E-state index contributed by atoms with van der Waals surface area (Å²) in [5, 5.41) is 2.69. The van der Waals surface area contributed by atoms with Crippen LogP contribution in [0, 0.1) is 0 Å². The van der Waals surface area contributed by atoms with E-state index >= 15 is 0 Å². The molecule has 1 fully saturated rings. The van der Waals surface area contributed by atoms with Gasteiger partial charge < -0.3 is 15.0 Å². The van der Waals surface area contributed by atoms with Crippen molar-refractivity contribution in [3.8, 4) is 5.75 Å². The molecule has 1 saturated heterocycles. The number of methoxy groups -OCH3 is 1. The van der Waals surface area contributed by atoms with Crippen molar-refractivity contribution in [2.24, 2.45) is 0 Å². The number of amides is 1. The predicted molar refractivity (Wildman–Crippen MR) is 103 cm³/mol. The van der Waals surface area contributed by atoms with E-state index in [-0.39, 0.29) is 18.0 Å². The normalized spacial score (nSPS) is 14.6. The monoisotopic (exact) mass is 392 g/mol. The van der Waals surface area contributed by atoms with Crippen LogP contribution in [0.25, 0.3) is 0 Å². The average molecular weight is 392 g/mol. The van der Waals surface area contributed by atoms with E-state index in [4.69, 9.17) is 4.74 Å². The van der Waals surface area contributed by atoms with E-state index in [1.54, 1.807) is 31.4 Å². The summed E-state index contributed by atoms with van der Waals surface area (Å²) >= 11 is 0. The lowest BCUT2D eigenvalue weighted by Crippen LogP contribution is -2.30. The molecular formula is C21H23F3N2O2. The highest BCUT2D eigenvalue weighted by molar-refractivity contribution is 5.95. The van der Waals surface area contributed by atoms with Crippen molar-refractivity contribution < 1.29 is 22.7 Å². The molecule has 0 aliphatic carbocycles. The van der Waals surface area contributed by atoms with E-state index in [1.807, 2.05) is 4.90 Å². The number of ether oxygens (including phenoxy) is 1. The molecule has 0 unspecified atom stereocenters. The SMILES string of the molecule is COc1ccc(CC(=O)Nc2cc(C(F)(F)F)ccc2N2CCCCC2)cc1. The second-order valence-electron chi connectivity index (χ2n) is 6.85. The summed E-state index contributed by atoms with van der Waals surface area (Å²) in [7, 11) is 1.55. The number of hydrogen-bond donors (Lipinski definition) is 1. The predicted octanol–water partition coefficient (Wildman–Crippen LogP) is 4.89. The van der Waals surface area contributed by atoms with E-state index in [0.717, 1.165) is 50.0 Å². The van der Waals surface area contributed by atoms with Gasteiger partial charge in [0.15, 0.2) is 0 Å². The Balaban J connectivity index is 1.81. The summed E-state index contributed by atoms with van der Waals surface area (Å²) in [5.41, 5.74) is 0.823. The van der Waals surface area contributed by atoms with Crippen LogP contribution >= 0.6 is 0 Å². The third-order valence-corrected chi connectivity index (χ3v) is 4.82. The van der Waals surface area contributed by atoms with Gasteiger partial charge in [0, 0.05) is 13.1 Å². The molecule has 4 nitrogen and oxygen atoms in total. The Morgan fingerprint density at radius 3 is 2.36 bits per heavy atom. The fourth-order valence-electron chi connectivity index (χ4n) is 3.35. The molecule has 2 aromatic rings. The molecule has 1 N–H and O–H groups in total. The molecule has 1 aliphatic rings. The van der Waals surface area contributed by atoms with Crippen molar-refractivity contribution in [3.63, 3.8) is 0 Å². The largest absolute Gasteiger partial charge is 0.497 e. The number of nitrogens with one attached hydrogen (secondary N) is 1. The molecule has 0 bridgehead atoms. The summed E-state index contributed by atoms with van der Waals surface area (Å²) in [5.74, 6) is 0.317. The summed E-state index contributed by atoms with van der Waals surface area (Å²) in [6.45, 7) is 1.54. The second kappa shape index (κ2) is 8.54. The molecule has 2 aromatic carbocycles. The number of alkyl halides is 3. The van der Waals surface area contributed by atoms with E-state index in [0.29, 0.717) is 11.4 Å². The fraction of sp³-hybridized carbons (Fsp3) is 0.381. The summed E-state index contributed by atoms with van der Waals surface area (Å²) < 4.78 is 44.6. The smallest absolute Gasteiger partial charge is 0.416 e. The number of hydrogen-bond acceptors (Lipinski definition) is 3. The quantitative estimate of drug-likeness (QED) is 0.788. The number of halogens is 3. The first-order valence-electron chi connectivity index (χ1n) is 9.26. The average Bonchev–Trinajstić information content (AvgIpc) is 2.68. The van der Waals surface area contributed by atoms with E-state index in [1.165, 1.54) is 6.07 Å². The molecule has 1 aliphatic heterocycles. The molecular weight excluding hydrogens is 369 g/mol. The Morgan fingerprint density at radius 1 is 1.07 bits per heavy atom. The minimum atomic E-state index is -4.46. The van der Waals surface area contributed by atoms with Gasteiger partial charge in [0.05, 0.1) is 30.5 Å². The van der Waals surface area contributed by atoms with E-state index < -0.39 is 11.7 Å². The second-order valence-corrected chi connectivity index (χ2v) is 6.85. The standard InChI is InChI=1S/C21H23F3N2O2/c1-28-17-8-5-15(6-9-17)13-20(27)25-18-14-16(21(22,23)24)7-10-19(18)26-11-3-2-4-12-26/h5-10,14H,2-4,11-13H2,1H3,(H,25,27). The van der Waals surface area contributed by atoms with Gasteiger partial charge in [0.25, 0.3) is 0 Å². The summed E-state index contributed by atoms with van der Waals surface area (Å²) in [4.78, 5) is 14.5. The number of anilines is 2. The Labute approximate surface area is 162 Å². The number of carbonyl (C=O) groups is 1. The Bertz CT molecular complexity index is 813. The minimum absolute atomic E-state index is 0.0691. The molecule has 0 saturated carbocycles. The van der Waals surface area contributed by atoms with Crippen LogP contribution in [0.15, 0.2) is 42.5 Å². The van der Waals surface area contributed by atoms with Gasteiger partial charge in [-0.1, -0.05) is 12.1 Å². The molecule has 0 aromatic heterocycles. The van der Waals surface area contributed by atoms with Crippen LogP contribution in [-0.4, -0.2) is 26.1 Å². The minimum Gasteiger partial charge on any atom is -0.497 e. The molecule has 150 valence electrons. The first kappa shape index (κ1) is 20.0. The zero-order valence-corrected chi connectivity index (χ0v) is 15.7. The number of rotatable bonds is 5.